The second-order valence-electron chi connectivity index (χ2n) is 17.0. The summed E-state index contributed by atoms with van der Waals surface area (Å²) >= 11 is 0. The summed E-state index contributed by atoms with van der Waals surface area (Å²) in [6, 6.07) is 0. The van der Waals surface area contributed by atoms with Crippen LogP contribution >= 0.6 is 0 Å². The smallest absolute Gasteiger partial charge is 0.306 e. The summed E-state index contributed by atoms with van der Waals surface area (Å²) < 4.78 is 17.4. The van der Waals surface area contributed by atoms with Gasteiger partial charge in [-0.2, -0.15) is 0 Å². The molecule has 0 rings (SSSR count). The van der Waals surface area contributed by atoms with E-state index in [9.17, 15) is 9.59 Å². The molecule has 348 valence electrons. The van der Waals surface area contributed by atoms with Crippen LogP contribution in [0.25, 0.3) is 0 Å². The molecule has 0 aromatic carbocycles. The van der Waals surface area contributed by atoms with E-state index in [1.165, 1.54) is 135 Å². The first-order valence-corrected chi connectivity index (χ1v) is 25.8. The van der Waals surface area contributed by atoms with Gasteiger partial charge in [0, 0.05) is 19.4 Å². The highest BCUT2D eigenvalue weighted by Crippen LogP contribution is 2.14. The standard InChI is InChI=1S/C55H98O5/c1-4-7-10-13-16-19-22-24-26-28-29-31-34-36-39-42-45-48-54(56)59-52-53(60-55(57)49-46-43-40-37-33-21-18-15-12-9-6-3)51-58-50-47-44-41-38-35-32-30-27-25-23-20-17-14-11-8-5-2/h7,10,15-16,18-19,24-27,53H,4-6,8-9,11-14,17,20-23,28-52H2,1-3H3/b10-7-,18-15-,19-16-,26-24-,27-25-. The first-order chi connectivity index (χ1) is 29.6. The van der Waals surface area contributed by atoms with E-state index in [2.05, 4.69) is 81.5 Å². The van der Waals surface area contributed by atoms with E-state index in [1.54, 1.807) is 0 Å². The number of carbonyl (C=O) groups is 2. The Morgan fingerprint density at radius 2 is 0.767 bits per heavy atom. The van der Waals surface area contributed by atoms with Crippen LogP contribution < -0.4 is 0 Å². The van der Waals surface area contributed by atoms with Crippen molar-refractivity contribution < 1.29 is 23.8 Å². The molecule has 0 N–H and O–H groups in total. The number of carbonyl (C=O) groups excluding carboxylic acids is 2. The van der Waals surface area contributed by atoms with Gasteiger partial charge >= 0.3 is 11.9 Å². The molecule has 0 saturated heterocycles. The number of hydrogen-bond donors (Lipinski definition) is 0. The normalized spacial score (nSPS) is 12.7. The van der Waals surface area contributed by atoms with Crippen LogP contribution in [0.4, 0.5) is 0 Å². The van der Waals surface area contributed by atoms with Gasteiger partial charge < -0.3 is 14.2 Å². The van der Waals surface area contributed by atoms with Gasteiger partial charge in [-0.3, -0.25) is 9.59 Å². The maximum absolute atomic E-state index is 12.8. The van der Waals surface area contributed by atoms with Gasteiger partial charge in [-0.15, -0.1) is 0 Å². The first kappa shape index (κ1) is 57.6. The summed E-state index contributed by atoms with van der Waals surface area (Å²) in [4.78, 5) is 25.4. The van der Waals surface area contributed by atoms with Crippen molar-refractivity contribution in [2.45, 2.75) is 258 Å². The Hall–Kier alpha value is -2.40. The lowest BCUT2D eigenvalue weighted by Gasteiger charge is -2.18. The largest absolute Gasteiger partial charge is 0.462 e. The molecule has 5 nitrogen and oxygen atoms in total. The maximum Gasteiger partial charge on any atom is 0.306 e. The Morgan fingerprint density at radius 1 is 0.383 bits per heavy atom. The highest BCUT2D eigenvalue weighted by molar-refractivity contribution is 5.70. The predicted octanol–water partition coefficient (Wildman–Crippen LogP) is 17.3. The van der Waals surface area contributed by atoms with E-state index in [1.807, 2.05) is 0 Å². The molecule has 0 aromatic rings. The van der Waals surface area contributed by atoms with Crippen molar-refractivity contribution in [2.75, 3.05) is 19.8 Å². The van der Waals surface area contributed by atoms with Gasteiger partial charge in [-0.05, 0) is 96.3 Å². The Bertz CT molecular complexity index is 1040. The number of esters is 2. The summed E-state index contributed by atoms with van der Waals surface area (Å²) in [7, 11) is 0. The van der Waals surface area contributed by atoms with E-state index in [-0.39, 0.29) is 25.2 Å². The zero-order chi connectivity index (χ0) is 43.5. The third-order valence-electron chi connectivity index (χ3n) is 11.0. The van der Waals surface area contributed by atoms with E-state index in [0.29, 0.717) is 19.4 Å². The maximum atomic E-state index is 12.8. The molecule has 0 aliphatic rings. The van der Waals surface area contributed by atoms with Crippen LogP contribution in [0.5, 0.6) is 0 Å². The van der Waals surface area contributed by atoms with E-state index in [4.69, 9.17) is 14.2 Å². The van der Waals surface area contributed by atoms with Crippen molar-refractivity contribution in [1.82, 2.24) is 0 Å². The number of allylic oxidation sites excluding steroid dienone is 10. The lowest BCUT2D eigenvalue weighted by atomic mass is 10.1. The minimum Gasteiger partial charge on any atom is -0.462 e. The van der Waals surface area contributed by atoms with Gasteiger partial charge in [-0.1, -0.05) is 204 Å². The van der Waals surface area contributed by atoms with Crippen LogP contribution in [0.2, 0.25) is 0 Å². The SMILES string of the molecule is CC/C=C\C/C=C\C/C=C\CCCCCCCCCC(=O)OCC(COCCCCCCCC/C=C\CCCCCCCC)OC(=O)CCCCCCC/C=C\CCCC. The topological polar surface area (TPSA) is 61.8 Å². The lowest BCUT2D eigenvalue weighted by molar-refractivity contribution is -0.163. The van der Waals surface area contributed by atoms with Gasteiger partial charge in [-0.25, -0.2) is 0 Å². The summed E-state index contributed by atoms with van der Waals surface area (Å²) in [5, 5.41) is 0. The van der Waals surface area contributed by atoms with Crippen molar-refractivity contribution >= 4 is 11.9 Å². The minimum absolute atomic E-state index is 0.0742. The Balaban J connectivity index is 4.25. The summed E-state index contributed by atoms with van der Waals surface area (Å²) in [6.07, 6.45) is 63.7. The van der Waals surface area contributed by atoms with Gasteiger partial charge in [0.1, 0.15) is 6.61 Å². The average Bonchev–Trinajstić information content (AvgIpc) is 3.25. The van der Waals surface area contributed by atoms with Crippen molar-refractivity contribution in [3.63, 3.8) is 0 Å². The summed E-state index contributed by atoms with van der Waals surface area (Å²) in [5.41, 5.74) is 0. The molecule has 60 heavy (non-hydrogen) atoms. The first-order valence-electron chi connectivity index (χ1n) is 25.8. The third kappa shape index (κ3) is 48.3. The van der Waals surface area contributed by atoms with Gasteiger partial charge in [0.2, 0.25) is 0 Å². The Labute approximate surface area is 373 Å². The fourth-order valence-corrected chi connectivity index (χ4v) is 7.15. The molecule has 0 radical (unpaired) electrons. The quantitative estimate of drug-likeness (QED) is 0.0347. The van der Waals surface area contributed by atoms with Crippen LogP contribution in [0, 0.1) is 0 Å². The molecule has 0 fully saturated rings. The zero-order valence-electron chi connectivity index (χ0n) is 40.0. The number of hydrogen-bond acceptors (Lipinski definition) is 5. The van der Waals surface area contributed by atoms with Crippen LogP contribution in [-0.2, 0) is 23.8 Å². The second-order valence-corrected chi connectivity index (χ2v) is 17.0. The van der Waals surface area contributed by atoms with Crippen molar-refractivity contribution in [3.8, 4) is 0 Å². The van der Waals surface area contributed by atoms with Crippen LogP contribution in [0.3, 0.4) is 0 Å². The molecule has 0 spiro atoms. The highest BCUT2D eigenvalue weighted by Gasteiger charge is 2.17. The summed E-state index contributed by atoms with van der Waals surface area (Å²) in [6.45, 7) is 7.66. The Kier molecular flexibility index (Phi) is 48.9. The number of ether oxygens (including phenoxy) is 3. The van der Waals surface area contributed by atoms with E-state index < -0.39 is 6.10 Å². The van der Waals surface area contributed by atoms with Gasteiger partial charge in [0.25, 0.3) is 0 Å². The average molecular weight is 839 g/mol. The number of unbranched alkanes of at least 4 members (excludes halogenated alkanes) is 26. The molecule has 0 aliphatic carbocycles. The van der Waals surface area contributed by atoms with Crippen molar-refractivity contribution in [2.24, 2.45) is 0 Å². The molecule has 1 unspecified atom stereocenters. The molecular weight excluding hydrogens is 741 g/mol. The fraction of sp³-hybridized carbons (Fsp3) is 0.782. The third-order valence-corrected chi connectivity index (χ3v) is 11.0. The molecule has 0 aliphatic heterocycles. The number of rotatable bonds is 47. The molecule has 0 amide bonds. The lowest BCUT2D eigenvalue weighted by Crippen LogP contribution is -2.30. The molecule has 0 bridgehead atoms. The monoisotopic (exact) mass is 839 g/mol. The molecule has 0 heterocycles. The molecular formula is C55H98O5. The molecule has 0 aromatic heterocycles. The van der Waals surface area contributed by atoms with Gasteiger partial charge in [0.05, 0.1) is 6.61 Å². The Morgan fingerprint density at radius 3 is 1.27 bits per heavy atom. The predicted molar refractivity (Wildman–Crippen MR) is 261 cm³/mol. The summed E-state index contributed by atoms with van der Waals surface area (Å²) in [5.74, 6) is -0.418. The van der Waals surface area contributed by atoms with Crippen LogP contribution in [-0.4, -0.2) is 37.9 Å². The zero-order valence-corrected chi connectivity index (χ0v) is 40.0. The van der Waals surface area contributed by atoms with E-state index >= 15 is 0 Å². The fourth-order valence-electron chi connectivity index (χ4n) is 7.15. The minimum atomic E-state index is -0.547. The highest BCUT2D eigenvalue weighted by atomic mass is 16.6. The van der Waals surface area contributed by atoms with Gasteiger partial charge in [0.15, 0.2) is 6.10 Å². The van der Waals surface area contributed by atoms with Crippen molar-refractivity contribution in [1.29, 1.82) is 0 Å². The van der Waals surface area contributed by atoms with Crippen LogP contribution in [0.15, 0.2) is 60.8 Å². The van der Waals surface area contributed by atoms with E-state index in [0.717, 1.165) is 83.5 Å². The van der Waals surface area contributed by atoms with Crippen LogP contribution in [0.1, 0.15) is 252 Å². The van der Waals surface area contributed by atoms with Crippen molar-refractivity contribution in [3.05, 3.63) is 60.8 Å². The molecule has 1 atom stereocenters. The molecule has 0 saturated carbocycles. The molecule has 5 heteroatoms. The second kappa shape index (κ2) is 51.0.